The Balaban J connectivity index is 2.16. The highest BCUT2D eigenvalue weighted by molar-refractivity contribution is 4.88. The first kappa shape index (κ1) is 9.50. The van der Waals surface area contributed by atoms with Crippen LogP contribution in [-0.4, -0.2) is 24.8 Å². The van der Waals surface area contributed by atoms with Crippen molar-refractivity contribution >= 4 is 0 Å². The van der Waals surface area contributed by atoms with E-state index >= 15 is 0 Å². The molecule has 1 unspecified atom stereocenters. The van der Waals surface area contributed by atoms with Crippen LogP contribution in [-0.2, 0) is 4.84 Å². The molecule has 0 bridgehead atoms. The van der Waals surface area contributed by atoms with Gasteiger partial charge in [0.2, 0.25) is 0 Å². The van der Waals surface area contributed by atoms with Gasteiger partial charge in [-0.05, 0) is 12.3 Å². The van der Waals surface area contributed by atoms with Gasteiger partial charge in [0.15, 0.2) is 0 Å². The van der Waals surface area contributed by atoms with Crippen molar-refractivity contribution in [2.45, 2.75) is 20.3 Å². The Morgan fingerprint density at radius 1 is 1.67 bits per heavy atom. The lowest BCUT2D eigenvalue weighted by molar-refractivity contribution is -0.152. The van der Waals surface area contributed by atoms with E-state index in [1.165, 1.54) is 0 Å². The summed E-state index contributed by atoms with van der Waals surface area (Å²) in [6.07, 6.45) is 0.953. The van der Waals surface area contributed by atoms with E-state index in [9.17, 15) is 0 Å². The molecule has 3 nitrogen and oxygen atoms in total. The average Bonchev–Trinajstić information content (AvgIpc) is 2.48. The first-order valence-electron chi connectivity index (χ1n) is 4.50. The molecule has 1 aliphatic rings. The molecule has 0 aromatic heterocycles. The number of nitrogens with zero attached hydrogens (tertiary/aromatic N) is 2. The zero-order chi connectivity index (χ0) is 8.97. The van der Waals surface area contributed by atoms with Crippen molar-refractivity contribution in [3.05, 3.63) is 0 Å². The van der Waals surface area contributed by atoms with Crippen molar-refractivity contribution in [2.75, 3.05) is 19.7 Å². The molecule has 1 atom stereocenters. The van der Waals surface area contributed by atoms with E-state index in [4.69, 9.17) is 10.1 Å². The van der Waals surface area contributed by atoms with Crippen LogP contribution in [0.15, 0.2) is 0 Å². The molecule has 0 saturated carbocycles. The van der Waals surface area contributed by atoms with Crippen molar-refractivity contribution in [3.8, 4) is 6.07 Å². The standard InChI is InChI=1S/C9H16N2O/c1-8(2)7-12-11-4-3-9(5-10)6-11/h8-9H,3-4,6-7H2,1-2H3. The molecule has 1 aliphatic heterocycles. The maximum atomic E-state index is 8.63. The first-order valence-corrected chi connectivity index (χ1v) is 4.50. The molecule has 1 fully saturated rings. The molecular weight excluding hydrogens is 152 g/mol. The van der Waals surface area contributed by atoms with Crippen LogP contribution >= 0.6 is 0 Å². The number of hydroxylamine groups is 2. The second-order valence-electron chi connectivity index (χ2n) is 3.69. The minimum atomic E-state index is 0.178. The Hall–Kier alpha value is -0.590. The van der Waals surface area contributed by atoms with Gasteiger partial charge in [0.1, 0.15) is 0 Å². The largest absolute Gasteiger partial charge is 0.299 e. The van der Waals surface area contributed by atoms with Gasteiger partial charge in [-0.1, -0.05) is 13.8 Å². The summed E-state index contributed by atoms with van der Waals surface area (Å²) in [5.74, 6) is 0.739. The molecule has 0 aromatic rings. The smallest absolute Gasteiger partial charge is 0.0708 e. The van der Waals surface area contributed by atoms with Gasteiger partial charge in [-0.15, -0.1) is 0 Å². The Morgan fingerprint density at radius 2 is 2.42 bits per heavy atom. The molecule has 1 heterocycles. The molecule has 1 rings (SSSR count). The molecule has 0 radical (unpaired) electrons. The minimum absolute atomic E-state index is 0.178. The Labute approximate surface area is 73.9 Å². The summed E-state index contributed by atoms with van der Waals surface area (Å²) in [6.45, 7) is 6.70. The lowest BCUT2D eigenvalue weighted by Gasteiger charge is -2.16. The van der Waals surface area contributed by atoms with Gasteiger partial charge >= 0.3 is 0 Å². The highest BCUT2D eigenvalue weighted by atomic mass is 16.7. The van der Waals surface area contributed by atoms with E-state index in [-0.39, 0.29) is 5.92 Å². The first-order chi connectivity index (χ1) is 5.72. The predicted molar refractivity (Wildman–Crippen MR) is 46.1 cm³/mol. The lowest BCUT2D eigenvalue weighted by Crippen LogP contribution is -2.23. The van der Waals surface area contributed by atoms with E-state index in [1.54, 1.807) is 0 Å². The fourth-order valence-electron chi connectivity index (χ4n) is 1.21. The van der Waals surface area contributed by atoms with Gasteiger partial charge in [-0.3, -0.25) is 4.84 Å². The minimum Gasteiger partial charge on any atom is -0.299 e. The lowest BCUT2D eigenvalue weighted by atomic mass is 10.1. The third kappa shape index (κ3) is 2.80. The quantitative estimate of drug-likeness (QED) is 0.639. The highest BCUT2D eigenvalue weighted by Gasteiger charge is 2.22. The zero-order valence-corrected chi connectivity index (χ0v) is 7.79. The third-order valence-electron chi connectivity index (χ3n) is 1.92. The van der Waals surface area contributed by atoms with Crippen LogP contribution in [0, 0.1) is 23.2 Å². The van der Waals surface area contributed by atoms with Crippen LogP contribution in [0.1, 0.15) is 20.3 Å². The van der Waals surface area contributed by atoms with E-state index in [0.29, 0.717) is 5.92 Å². The van der Waals surface area contributed by atoms with Gasteiger partial charge in [-0.2, -0.15) is 10.3 Å². The van der Waals surface area contributed by atoms with Gasteiger partial charge < -0.3 is 0 Å². The van der Waals surface area contributed by atoms with Crippen molar-refractivity contribution in [1.29, 1.82) is 5.26 Å². The Kier molecular flexibility index (Phi) is 3.51. The topological polar surface area (TPSA) is 36.3 Å². The number of nitriles is 1. The van der Waals surface area contributed by atoms with E-state index in [2.05, 4.69) is 19.9 Å². The molecule has 3 heteroatoms. The summed E-state index contributed by atoms with van der Waals surface area (Å²) in [5.41, 5.74) is 0. The van der Waals surface area contributed by atoms with Crippen molar-refractivity contribution < 1.29 is 4.84 Å². The molecule has 12 heavy (non-hydrogen) atoms. The molecule has 1 saturated heterocycles. The summed E-state index contributed by atoms with van der Waals surface area (Å²) in [7, 11) is 0. The Bertz CT molecular complexity index is 174. The van der Waals surface area contributed by atoms with Crippen LogP contribution in [0.4, 0.5) is 0 Å². The van der Waals surface area contributed by atoms with Crippen LogP contribution in [0.3, 0.4) is 0 Å². The summed E-state index contributed by atoms with van der Waals surface area (Å²) in [5, 5.41) is 10.5. The van der Waals surface area contributed by atoms with Gasteiger partial charge in [0.25, 0.3) is 0 Å². The van der Waals surface area contributed by atoms with Gasteiger partial charge in [0.05, 0.1) is 18.6 Å². The molecule has 0 aliphatic carbocycles. The second-order valence-corrected chi connectivity index (χ2v) is 3.69. The molecule has 0 spiro atoms. The third-order valence-corrected chi connectivity index (χ3v) is 1.92. The van der Waals surface area contributed by atoms with Crippen molar-refractivity contribution in [3.63, 3.8) is 0 Å². The van der Waals surface area contributed by atoms with Crippen molar-refractivity contribution in [1.82, 2.24) is 5.06 Å². The molecule has 0 amide bonds. The fraction of sp³-hybridized carbons (Fsp3) is 0.889. The van der Waals surface area contributed by atoms with E-state index in [0.717, 1.165) is 26.1 Å². The average molecular weight is 168 g/mol. The van der Waals surface area contributed by atoms with Crippen LogP contribution in [0.25, 0.3) is 0 Å². The molecule has 68 valence electrons. The van der Waals surface area contributed by atoms with Crippen LogP contribution in [0.2, 0.25) is 0 Å². The maximum absolute atomic E-state index is 8.63. The maximum Gasteiger partial charge on any atom is 0.0708 e. The summed E-state index contributed by atoms with van der Waals surface area (Å²) in [6, 6.07) is 2.26. The van der Waals surface area contributed by atoms with E-state index < -0.39 is 0 Å². The molecule has 0 aromatic carbocycles. The van der Waals surface area contributed by atoms with Crippen molar-refractivity contribution in [2.24, 2.45) is 11.8 Å². The summed E-state index contributed by atoms with van der Waals surface area (Å²) < 4.78 is 0. The Morgan fingerprint density at radius 3 is 2.92 bits per heavy atom. The van der Waals surface area contributed by atoms with E-state index in [1.807, 2.05) is 5.06 Å². The fourth-order valence-corrected chi connectivity index (χ4v) is 1.21. The molecular formula is C9H16N2O. The number of hydrogen-bond donors (Lipinski definition) is 0. The van der Waals surface area contributed by atoms with Gasteiger partial charge in [0, 0.05) is 13.1 Å². The monoisotopic (exact) mass is 168 g/mol. The highest BCUT2D eigenvalue weighted by Crippen LogP contribution is 2.15. The zero-order valence-electron chi connectivity index (χ0n) is 7.79. The van der Waals surface area contributed by atoms with Crippen LogP contribution < -0.4 is 0 Å². The number of hydrogen-bond acceptors (Lipinski definition) is 3. The van der Waals surface area contributed by atoms with Gasteiger partial charge in [-0.25, -0.2) is 0 Å². The molecule has 0 N–H and O–H groups in total. The predicted octanol–water partition coefficient (Wildman–Crippen LogP) is 1.42. The summed E-state index contributed by atoms with van der Waals surface area (Å²) in [4.78, 5) is 5.48. The normalized spacial score (nSPS) is 24.7. The SMILES string of the molecule is CC(C)CON1CCC(C#N)C1. The summed E-state index contributed by atoms with van der Waals surface area (Å²) >= 11 is 0. The second kappa shape index (κ2) is 4.44. The van der Waals surface area contributed by atoms with Crippen LogP contribution in [0.5, 0.6) is 0 Å². The number of rotatable bonds is 3.